The molecule has 1 unspecified atom stereocenters. The van der Waals surface area contributed by atoms with Crippen LogP contribution in [-0.2, 0) is 6.42 Å². The first kappa shape index (κ1) is 11.3. The molecule has 3 rings (SSSR count). The average molecular weight is 237 g/mol. The van der Waals surface area contributed by atoms with E-state index in [2.05, 4.69) is 60.8 Å². The van der Waals surface area contributed by atoms with Gasteiger partial charge in [-0.2, -0.15) is 0 Å². The van der Waals surface area contributed by atoms with Crippen molar-refractivity contribution in [1.82, 2.24) is 0 Å². The van der Waals surface area contributed by atoms with Gasteiger partial charge in [-0.25, -0.2) is 0 Å². The molecule has 0 radical (unpaired) electrons. The molecule has 18 heavy (non-hydrogen) atoms. The van der Waals surface area contributed by atoms with Crippen molar-refractivity contribution in [3.05, 3.63) is 65.2 Å². The minimum absolute atomic E-state index is 0.470. The van der Waals surface area contributed by atoms with Crippen LogP contribution in [0.2, 0.25) is 0 Å². The standard InChI is InChI=1S/C17H19N/c1-13-9-11-15(12-10-13)18-17-8-4-6-14-5-2-3-7-16(14)17/h2-3,5,7,9-12,17-18H,4,6,8H2,1H3. The predicted octanol–water partition coefficient (Wildman–Crippen LogP) is 4.48. The van der Waals surface area contributed by atoms with E-state index in [0.29, 0.717) is 6.04 Å². The zero-order valence-electron chi connectivity index (χ0n) is 10.8. The fraction of sp³-hybridized carbons (Fsp3) is 0.294. The van der Waals surface area contributed by atoms with Crippen molar-refractivity contribution < 1.29 is 0 Å². The summed E-state index contributed by atoms with van der Waals surface area (Å²) in [7, 11) is 0. The van der Waals surface area contributed by atoms with Crippen LogP contribution in [0.5, 0.6) is 0 Å². The van der Waals surface area contributed by atoms with E-state index >= 15 is 0 Å². The molecule has 0 aliphatic heterocycles. The van der Waals surface area contributed by atoms with Gasteiger partial charge in [-0.1, -0.05) is 42.0 Å². The molecule has 1 N–H and O–H groups in total. The van der Waals surface area contributed by atoms with Gasteiger partial charge in [-0.05, 0) is 49.4 Å². The zero-order chi connectivity index (χ0) is 12.4. The Bertz CT molecular complexity index is 528. The second-order valence-corrected chi connectivity index (χ2v) is 5.15. The molecular weight excluding hydrogens is 218 g/mol. The van der Waals surface area contributed by atoms with Gasteiger partial charge in [0.2, 0.25) is 0 Å². The molecule has 0 aromatic heterocycles. The van der Waals surface area contributed by atoms with Gasteiger partial charge < -0.3 is 5.32 Å². The number of hydrogen-bond donors (Lipinski definition) is 1. The number of nitrogens with one attached hydrogen (secondary N) is 1. The molecule has 1 heteroatoms. The molecule has 2 aromatic rings. The first-order chi connectivity index (χ1) is 8.83. The van der Waals surface area contributed by atoms with E-state index in [-0.39, 0.29) is 0 Å². The van der Waals surface area contributed by atoms with E-state index < -0.39 is 0 Å². The van der Waals surface area contributed by atoms with E-state index in [1.54, 1.807) is 0 Å². The summed E-state index contributed by atoms with van der Waals surface area (Å²) in [6, 6.07) is 18.0. The van der Waals surface area contributed by atoms with Crippen molar-refractivity contribution in [3.63, 3.8) is 0 Å². The normalized spacial score (nSPS) is 18.2. The van der Waals surface area contributed by atoms with Crippen LogP contribution in [0.25, 0.3) is 0 Å². The molecule has 0 spiro atoms. The second kappa shape index (κ2) is 4.85. The molecule has 0 amide bonds. The Kier molecular flexibility index (Phi) is 3.06. The molecular formula is C17H19N. The maximum atomic E-state index is 3.66. The number of benzene rings is 2. The van der Waals surface area contributed by atoms with Gasteiger partial charge >= 0.3 is 0 Å². The number of hydrogen-bond acceptors (Lipinski definition) is 1. The van der Waals surface area contributed by atoms with Crippen molar-refractivity contribution in [1.29, 1.82) is 0 Å². The minimum atomic E-state index is 0.470. The number of fused-ring (bicyclic) bond motifs is 1. The lowest BCUT2D eigenvalue weighted by molar-refractivity contribution is 0.600. The quantitative estimate of drug-likeness (QED) is 0.811. The number of rotatable bonds is 2. The van der Waals surface area contributed by atoms with Crippen LogP contribution < -0.4 is 5.32 Å². The Morgan fingerprint density at radius 1 is 1.00 bits per heavy atom. The summed E-state index contributed by atoms with van der Waals surface area (Å²) in [6.45, 7) is 2.12. The molecule has 92 valence electrons. The first-order valence-corrected chi connectivity index (χ1v) is 6.74. The van der Waals surface area contributed by atoms with Gasteiger partial charge in [0.25, 0.3) is 0 Å². The van der Waals surface area contributed by atoms with Crippen molar-refractivity contribution in [3.8, 4) is 0 Å². The van der Waals surface area contributed by atoms with E-state index in [1.807, 2.05) is 0 Å². The summed E-state index contributed by atoms with van der Waals surface area (Å²) in [5.74, 6) is 0. The Morgan fingerprint density at radius 3 is 2.61 bits per heavy atom. The van der Waals surface area contributed by atoms with Crippen LogP contribution >= 0.6 is 0 Å². The smallest absolute Gasteiger partial charge is 0.0516 e. The predicted molar refractivity (Wildman–Crippen MR) is 76.9 cm³/mol. The molecule has 0 saturated heterocycles. The molecule has 1 nitrogen and oxygen atoms in total. The Morgan fingerprint density at radius 2 is 1.78 bits per heavy atom. The monoisotopic (exact) mass is 237 g/mol. The molecule has 1 atom stereocenters. The average Bonchev–Trinajstić information content (AvgIpc) is 2.42. The van der Waals surface area contributed by atoms with Gasteiger partial charge in [0.1, 0.15) is 0 Å². The first-order valence-electron chi connectivity index (χ1n) is 6.74. The third kappa shape index (κ3) is 2.26. The van der Waals surface area contributed by atoms with Gasteiger partial charge in [0.15, 0.2) is 0 Å². The molecule has 0 heterocycles. The Hall–Kier alpha value is -1.76. The van der Waals surface area contributed by atoms with Gasteiger partial charge in [-0.15, -0.1) is 0 Å². The van der Waals surface area contributed by atoms with Crippen molar-refractivity contribution in [2.75, 3.05) is 5.32 Å². The SMILES string of the molecule is Cc1ccc(NC2CCCc3ccccc32)cc1. The third-order valence-electron chi connectivity index (χ3n) is 3.76. The summed E-state index contributed by atoms with van der Waals surface area (Å²) in [5.41, 5.74) is 5.52. The molecule has 1 aliphatic rings. The molecule has 1 aliphatic carbocycles. The summed E-state index contributed by atoms with van der Waals surface area (Å²) in [6.07, 6.45) is 3.73. The lowest BCUT2D eigenvalue weighted by atomic mass is 9.87. The number of aryl methyl sites for hydroxylation is 2. The van der Waals surface area contributed by atoms with Crippen molar-refractivity contribution in [2.45, 2.75) is 32.2 Å². The molecule has 2 aromatic carbocycles. The van der Waals surface area contributed by atoms with E-state index in [9.17, 15) is 0 Å². The summed E-state index contributed by atoms with van der Waals surface area (Å²) in [5, 5.41) is 3.66. The fourth-order valence-corrected chi connectivity index (χ4v) is 2.75. The van der Waals surface area contributed by atoms with Gasteiger partial charge in [0.05, 0.1) is 6.04 Å². The third-order valence-corrected chi connectivity index (χ3v) is 3.76. The Balaban J connectivity index is 1.84. The summed E-state index contributed by atoms with van der Waals surface area (Å²) < 4.78 is 0. The highest BCUT2D eigenvalue weighted by molar-refractivity contribution is 5.48. The van der Waals surface area contributed by atoms with E-state index in [1.165, 1.54) is 41.6 Å². The largest absolute Gasteiger partial charge is 0.378 e. The number of anilines is 1. The lowest BCUT2D eigenvalue weighted by Crippen LogP contribution is -2.17. The van der Waals surface area contributed by atoms with E-state index in [4.69, 9.17) is 0 Å². The van der Waals surface area contributed by atoms with Crippen LogP contribution in [0, 0.1) is 6.92 Å². The van der Waals surface area contributed by atoms with Crippen LogP contribution in [0.4, 0.5) is 5.69 Å². The van der Waals surface area contributed by atoms with Crippen LogP contribution in [-0.4, -0.2) is 0 Å². The fourth-order valence-electron chi connectivity index (χ4n) is 2.75. The summed E-state index contributed by atoms with van der Waals surface area (Å²) >= 11 is 0. The van der Waals surface area contributed by atoms with Gasteiger partial charge in [-0.3, -0.25) is 0 Å². The van der Waals surface area contributed by atoms with E-state index in [0.717, 1.165) is 0 Å². The topological polar surface area (TPSA) is 12.0 Å². The highest BCUT2D eigenvalue weighted by atomic mass is 14.9. The molecule has 0 saturated carbocycles. The van der Waals surface area contributed by atoms with Crippen molar-refractivity contribution in [2.24, 2.45) is 0 Å². The van der Waals surface area contributed by atoms with Gasteiger partial charge in [0, 0.05) is 5.69 Å². The molecule has 0 bridgehead atoms. The van der Waals surface area contributed by atoms with Crippen LogP contribution in [0.3, 0.4) is 0 Å². The Labute approximate surface area is 109 Å². The van der Waals surface area contributed by atoms with Crippen LogP contribution in [0.15, 0.2) is 48.5 Å². The second-order valence-electron chi connectivity index (χ2n) is 5.15. The van der Waals surface area contributed by atoms with Crippen molar-refractivity contribution >= 4 is 5.69 Å². The minimum Gasteiger partial charge on any atom is -0.378 e. The highest BCUT2D eigenvalue weighted by Crippen LogP contribution is 2.32. The lowest BCUT2D eigenvalue weighted by Gasteiger charge is -2.27. The maximum Gasteiger partial charge on any atom is 0.0516 e. The zero-order valence-corrected chi connectivity index (χ0v) is 10.8. The maximum absolute atomic E-state index is 3.66. The highest BCUT2D eigenvalue weighted by Gasteiger charge is 2.19. The van der Waals surface area contributed by atoms with Crippen LogP contribution in [0.1, 0.15) is 35.6 Å². The summed E-state index contributed by atoms with van der Waals surface area (Å²) in [4.78, 5) is 0. The molecule has 0 fully saturated rings.